The minimum absolute atomic E-state index is 0.00304. The quantitative estimate of drug-likeness (QED) is 0.868. The van der Waals surface area contributed by atoms with Gasteiger partial charge in [0, 0.05) is 18.2 Å². The van der Waals surface area contributed by atoms with Gasteiger partial charge in [0.25, 0.3) is 0 Å². The van der Waals surface area contributed by atoms with Crippen molar-refractivity contribution in [3.8, 4) is 0 Å². The molecule has 0 aliphatic rings. The molecule has 2 rings (SSSR count). The Morgan fingerprint density at radius 1 is 1.33 bits per heavy atom. The largest absolute Gasteiger partial charge is 0.383 e. The molecule has 0 unspecified atom stereocenters. The van der Waals surface area contributed by atoms with E-state index in [1.165, 1.54) is 24.4 Å². The first-order chi connectivity index (χ1) is 8.59. The Morgan fingerprint density at radius 3 is 2.83 bits per heavy atom. The lowest BCUT2D eigenvalue weighted by atomic mass is 10.0. The van der Waals surface area contributed by atoms with Crippen molar-refractivity contribution in [2.45, 2.75) is 6.42 Å². The van der Waals surface area contributed by atoms with E-state index in [4.69, 9.17) is 17.3 Å². The Balaban J connectivity index is 2.28. The van der Waals surface area contributed by atoms with E-state index in [1.807, 2.05) is 0 Å². The molecule has 92 valence electrons. The lowest BCUT2D eigenvalue weighted by Gasteiger charge is -2.05. The Morgan fingerprint density at radius 2 is 2.11 bits per heavy atom. The molecule has 5 heteroatoms. The number of hydrogen-bond acceptors (Lipinski definition) is 3. The van der Waals surface area contributed by atoms with Gasteiger partial charge < -0.3 is 5.73 Å². The van der Waals surface area contributed by atoms with Crippen molar-refractivity contribution < 1.29 is 9.18 Å². The third kappa shape index (κ3) is 2.49. The Bertz CT molecular complexity index is 601. The van der Waals surface area contributed by atoms with Crippen LogP contribution in [-0.2, 0) is 6.42 Å². The zero-order valence-electron chi connectivity index (χ0n) is 9.36. The normalized spacial score (nSPS) is 10.3. The Hall–Kier alpha value is -1.94. The number of hydrogen-bond donors (Lipinski definition) is 1. The Kier molecular flexibility index (Phi) is 3.58. The summed E-state index contributed by atoms with van der Waals surface area (Å²) in [6, 6.07) is 7.68. The van der Waals surface area contributed by atoms with Crippen LogP contribution in [-0.4, -0.2) is 10.8 Å². The number of aromatic nitrogens is 1. The van der Waals surface area contributed by atoms with Gasteiger partial charge in [-0.25, -0.2) is 9.37 Å². The van der Waals surface area contributed by atoms with Crippen molar-refractivity contribution in [1.82, 2.24) is 4.98 Å². The van der Waals surface area contributed by atoms with Crippen LogP contribution in [0.2, 0.25) is 5.02 Å². The molecular weight excluding hydrogens is 255 g/mol. The fraction of sp³-hybridized carbons (Fsp3) is 0.0769. The number of rotatable bonds is 3. The highest BCUT2D eigenvalue weighted by atomic mass is 35.5. The summed E-state index contributed by atoms with van der Waals surface area (Å²) in [6.07, 6.45) is 1.53. The average Bonchev–Trinajstić information content (AvgIpc) is 2.35. The van der Waals surface area contributed by atoms with Crippen molar-refractivity contribution in [1.29, 1.82) is 0 Å². The first-order valence-corrected chi connectivity index (χ1v) is 5.64. The van der Waals surface area contributed by atoms with Crippen LogP contribution in [0.4, 0.5) is 10.2 Å². The highest BCUT2D eigenvalue weighted by Gasteiger charge is 2.15. The van der Waals surface area contributed by atoms with Crippen LogP contribution in [0.5, 0.6) is 0 Å². The molecule has 0 atom stereocenters. The standard InChI is InChI=1S/C13H10ClFN2O/c14-10-5-1-4-9(12(10)15)11(18)7-8-3-2-6-17-13(8)16/h1-6H,7H2,(H2,16,17). The van der Waals surface area contributed by atoms with Crippen LogP contribution in [0.1, 0.15) is 15.9 Å². The Labute approximate surface area is 108 Å². The number of halogens is 2. The number of carbonyl (C=O) groups is 1. The second-order valence-electron chi connectivity index (χ2n) is 3.75. The molecule has 0 aliphatic heterocycles. The molecule has 18 heavy (non-hydrogen) atoms. The van der Waals surface area contributed by atoms with Crippen LogP contribution < -0.4 is 5.73 Å². The van der Waals surface area contributed by atoms with Gasteiger partial charge in [0.1, 0.15) is 5.82 Å². The number of nitrogens with two attached hydrogens (primary N) is 1. The van der Waals surface area contributed by atoms with Gasteiger partial charge in [-0.2, -0.15) is 0 Å². The van der Waals surface area contributed by atoms with Gasteiger partial charge in [0.05, 0.1) is 10.6 Å². The SMILES string of the molecule is Nc1ncccc1CC(=O)c1cccc(Cl)c1F. The molecule has 2 N–H and O–H groups in total. The first-order valence-electron chi connectivity index (χ1n) is 5.26. The zero-order valence-corrected chi connectivity index (χ0v) is 10.1. The molecular formula is C13H10ClFN2O. The highest BCUT2D eigenvalue weighted by molar-refractivity contribution is 6.31. The maximum atomic E-state index is 13.7. The van der Waals surface area contributed by atoms with E-state index in [-0.39, 0.29) is 28.6 Å². The topological polar surface area (TPSA) is 56.0 Å². The van der Waals surface area contributed by atoms with E-state index in [9.17, 15) is 9.18 Å². The second-order valence-corrected chi connectivity index (χ2v) is 4.16. The maximum Gasteiger partial charge on any atom is 0.170 e. The third-order valence-electron chi connectivity index (χ3n) is 2.53. The number of nitrogens with zero attached hydrogens (tertiary/aromatic N) is 1. The van der Waals surface area contributed by atoms with Crippen molar-refractivity contribution >= 4 is 23.2 Å². The van der Waals surface area contributed by atoms with Crippen LogP contribution in [0.3, 0.4) is 0 Å². The smallest absolute Gasteiger partial charge is 0.170 e. The van der Waals surface area contributed by atoms with E-state index < -0.39 is 5.82 Å². The monoisotopic (exact) mass is 264 g/mol. The molecule has 0 spiro atoms. The number of carbonyl (C=O) groups excluding carboxylic acids is 1. The number of anilines is 1. The summed E-state index contributed by atoms with van der Waals surface area (Å²) in [5.41, 5.74) is 6.17. The summed E-state index contributed by atoms with van der Waals surface area (Å²) in [5.74, 6) is -0.811. The van der Waals surface area contributed by atoms with Crippen molar-refractivity contribution in [3.63, 3.8) is 0 Å². The summed E-state index contributed by atoms with van der Waals surface area (Å²) < 4.78 is 13.7. The first kappa shape index (κ1) is 12.5. The molecule has 0 amide bonds. The fourth-order valence-electron chi connectivity index (χ4n) is 1.59. The average molecular weight is 265 g/mol. The van der Waals surface area contributed by atoms with E-state index >= 15 is 0 Å². The maximum absolute atomic E-state index is 13.7. The zero-order chi connectivity index (χ0) is 13.1. The third-order valence-corrected chi connectivity index (χ3v) is 2.82. The van der Waals surface area contributed by atoms with Crippen LogP contribution in [0.25, 0.3) is 0 Å². The van der Waals surface area contributed by atoms with E-state index in [0.29, 0.717) is 5.56 Å². The molecule has 1 aromatic carbocycles. The molecule has 0 saturated carbocycles. The van der Waals surface area contributed by atoms with Crippen LogP contribution >= 0.6 is 11.6 Å². The lowest BCUT2D eigenvalue weighted by molar-refractivity contribution is 0.0989. The molecule has 0 saturated heterocycles. The minimum Gasteiger partial charge on any atom is -0.383 e. The molecule has 1 aromatic heterocycles. The van der Waals surface area contributed by atoms with Gasteiger partial charge in [-0.3, -0.25) is 4.79 Å². The molecule has 2 aromatic rings. The van der Waals surface area contributed by atoms with E-state index in [0.717, 1.165) is 0 Å². The number of Topliss-reactive ketones (excluding diaryl/α,β-unsaturated/α-hetero) is 1. The van der Waals surface area contributed by atoms with E-state index in [1.54, 1.807) is 12.1 Å². The predicted molar refractivity (Wildman–Crippen MR) is 68.1 cm³/mol. The fourth-order valence-corrected chi connectivity index (χ4v) is 1.76. The minimum atomic E-state index is -0.702. The van der Waals surface area contributed by atoms with Crippen molar-refractivity contribution in [3.05, 3.63) is 58.5 Å². The molecule has 0 bridgehead atoms. The summed E-state index contributed by atoms with van der Waals surface area (Å²) in [7, 11) is 0. The molecule has 3 nitrogen and oxygen atoms in total. The van der Waals surface area contributed by atoms with Gasteiger partial charge in [-0.1, -0.05) is 23.7 Å². The summed E-state index contributed by atoms with van der Waals surface area (Å²) >= 11 is 5.63. The lowest BCUT2D eigenvalue weighted by Crippen LogP contribution is -2.08. The van der Waals surface area contributed by atoms with Crippen molar-refractivity contribution in [2.75, 3.05) is 5.73 Å². The van der Waals surface area contributed by atoms with Crippen LogP contribution in [0.15, 0.2) is 36.5 Å². The summed E-state index contributed by atoms with van der Waals surface area (Å²) in [4.78, 5) is 15.8. The van der Waals surface area contributed by atoms with Crippen molar-refractivity contribution in [2.24, 2.45) is 0 Å². The number of ketones is 1. The second kappa shape index (κ2) is 5.14. The van der Waals surface area contributed by atoms with Crippen LogP contribution in [0, 0.1) is 5.82 Å². The molecule has 0 radical (unpaired) electrons. The number of benzene rings is 1. The van der Waals surface area contributed by atoms with Gasteiger partial charge in [0.15, 0.2) is 11.6 Å². The summed E-state index contributed by atoms with van der Waals surface area (Å²) in [6.45, 7) is 0. The van der Waals surface area contributed by atoms with Gasteiger partial charge in [-0.05, 0) is 18.2 Å². The molecule has 0 fully saturated rings. The number of nitrogen functional groups attached to an aromatic ring is 1. The van der Waals surface area contributed by atoms with Gasteiger partial charge in [0.2, 0.25) is 0 Å². The van der Waals surface area contributed by atoms with Gasteiger partial charge >= 0.3 is 0 Å². The number of pyridine rings is 1. The van der Waals surface area contributed by atoms with Gasteiger partial charge in [-0.15, -0.1) is 0 Å². The molecule has 0 aliphatic carbocycles. The molecule has 1 heterocycles. The summed E-state index contributed by atoms with van der Waals surface area (Å²) in [5, 5.41) is -0.0694. The predicted octanol–water partition coefficient (Wildman–Crippen LogP) is 2.88. The highest BCUT2D eigenvalue weighted by Crippen LogP contribution is 2.20. The van der Waals surface area contributed by atoms with E-state index in [2.05, 4.69) is 4.98 Å².